The van der Waals surface area contributed by atoms with Crippen LogP contribution in [0.4, 0.5) is 13.2 Å². The number of methoxy groups -OCH3 is 1. The molecule has 1 fully saturated rings. The van der Waals surface area contributed by atoms with Gasteiger partial charge in [0.1, 0.15) is 0 Å². The topological polar surface area (TPSA) is 66.4 Å². The maximum atomic E-state index is 10.7. The average Bonchev–Trinajstić information content (AvgIpc) is 2.70. The normalized spacial score (nSPS) is 18.5. The minimum atomic E-state index is -6.09. The van der Waals surface area contributed by atoms with Gasteiger partial charge in [-0.25, -0.2) is 8.42 Å². The van der Waals surface area contributed by atoms with E-state index in [1.165, 1.54) is 49.8 Å². The van der Waals surface area contributed by atoms with Crippen molar-refractivity contribution < 1.29 is 35.4 Å². The summed E-state index contributed by atoms with van der Waals surface area (Å²) in [6.07, 6.45) is 5.41. The van der Waals surface area contributed by atoms with Crippen molar-refractivity contribution in [2.75, 3.05) is 40.4 Å². The number of unbranched alkanes of at least 4 members (excludes halogenated alkanes) is 1. The van der Waals surface area contributed by atoms with Gasteiger partial charge in [-0.05, 0) is 12.8 Å². The van der Waals surface area contributed by atoms with E-state index in [9.17, 15) is 13.2 Å². The SMILES string of the molecule is COCCCC[N+]1(C)CCCC1.O=S(=O)([O-])C(F)(F)F. The Kier molecular flexibility index (Phi) is 8.00. The van der Waals surface area contributed by atoms with Crippen LogP contribution in [0.2, 0.25) is 0 Å². The number of hydrogen-bond donors (Lipinski definition) is 0. The zero-order valence-corrected chi connectivity index (χ0v) is 12.6. The molecule has 9 heteroatoms. The van der Waals surface area contributed by atoms with E-state index in [-0.39, 0.29) is 0 Å². The number of nitrogens with zero attached hydrogens (tertiary/aromatic N) is 1. The summed E-state index contributed by atoms with van der Waals surface area (Å²) in [6.45, 7) is 5.07. The third-order valence-corrected chi connectivity index (χ3v) is 3.79. The predicted octanol–water partition coefficient (Wildman–Crippen LogP) is 1.70. The largest absolute Gasteiger partial charge is 0.741 e. The molecule has 1 aliphatic heterocycles. The maximum absolute atomic E-state index is 10.7. The van der Waals surface area contributed by atoms with Crippen molar-refractivity contribution in [2.24, 2.45) is 0 Å². The molecule has 1 rings (SSSR count). The van der Waals surface area contributed by atoms with E-state index in [2.05, 4.69) is 7.05 Å². The molecule has 1 saturated heterocycles. The molecule has 0 aromatic heterocycles. The molecule has 0 bridgehead atoms. The second kappa shape index (κ2) is 8.16. The van der Waals surface area contributed by atoms with Crippen molar-refractivity contribution in [3.05, 3.63) is 0 Å². The molecule has 20 heavy (non-hydrogen) atoms. The molecule has 0 saturated carbocycles. The van der Waals surface area contributed by atoms with E-state index in [4.69, 9.17) is 17.7 Å². The van der Waals surface area contributed by atoms with Crippen molar-refractivity contribution >= 4 is 10.1 Å². The van der Waals surface area contributed by atoms with Crippen LogP contribution in [0.1, 0.15) is 25.7 Å². The van der Waals surface area contributed by atoms with Gasteiger partial charge in [0.25, 0.3) is 0 Å². The number of hydrogen-bond acceptors (Lipinski definition) is 4. The lowest BCUT2D eigenvalue weighted by Crippen LogP contribution is -2.41. The van der Waals surface area contributed by atoms with Crippen molar-refractivity contribution in [1.29, 1.82) is 0 Å². The van der Waals surface area contributed by atoms with Gasteiger partial charge in [-0.15, -0.1) is 0 Å². The molecule has 122 valence electrons. The molecule has 0 aromatic carbocycles. The van der Waals surface area contributed by atoms with Gasteiger partial charge < -0.3 is 13.8 Å². The zero-order chi connectivity index (χ0) is 15.9. The van der Waals surface area contributed by atoms with Gasteiger partial charge in [-0.2, -0.15) is 13.2 Å². The van der Waals surface area contributed by atoms with Crippen molar-refractivity contribution in [1.82, 2.24) is 0 Å². The van der Waals surface area contributed by atoms with Gasteiger partial charge in [0.15, 0.2) is 10.1 Å². The highest BCUT2D eigenvalue weighted by molar-refractivity contribution is 7.86. The van der Waals surface area contributed by atoms with Crippen LogP contribution >= 0.6 is 0 Å². The molecule has 0 aliphatic carbocycles. The minimum absolute atomic E-state index is 0.931. The monoisotopic (exact) mass is 321 g/mol. The van der Waals surface area contributed by atoms with Gasteiger partial charge in [0, 0.05) is 26.6 Å². The first-order valence-electron chi connectivity index (χ1n) is 6.36. The summed E-state index contributed by atoms with van der Waals surface area (Å²) in [4.78, 5) is 0. The summed E-state index contributed by atoms with van der Waals surface area (Å²) in [5.74, 6) is 0. The minimum Gasteiger partial charge on any atom is -0.741 e. The van der Waals surface area contributed by atoms with E-state index in [1.807, 2.05) is 0 Å². The number of rotatable bonds is 5. The molecular weight excluding hydrogens is 299 g/mol. The third kappa shape index (κ3) is 8.03. The highest BCUT2D eigenvalue weighted by atomic mass is 32.2. The van der Waals surface area contributed by atoms with E-state index >= 15 is 0 Å². The Morgan fingerprint density at radius 1 is 1.20 bits per heavy atom. The number of likely N-dealkylation sites (tertiary alicyclic amines) is 1. The quantitative estimate of drug-likeness (QED) is 0.335. The first-order valence-corrected chi connectivity index (χ1v) is 7.77. The Bertz CT molecular complexity index is 364. The number of quaternary nitrogens is 1. The highest BCUT2D eigenvalue weighted by Gasteiger charge is 2.36. The van der Waals surface area contributed by atoms with Crippen LogP contribution in [0.3, 0.4) is 0 Å². The molecule has 0 atom stereocenters. The van der Waals surface area contributed by atoms with Gasteiger partial charge in [-0.3, -0.25) is 0 Å². The molecule has 0 aromatic rings. The van der Waals surface area contributed by atoms with Crippen LogP contribution in [0, 0.1) is 0 Å². The summed E-state index contributed by atoms with van der Waals surface area (Å²) < 4.78 is 65.2. The Morgan fingerprint density at radius 3 is 2.00 bits per heavy atom. The van der Waals surface area contributed by atoms with Crippen LogP contribution in [0.15, 0.2) is 0 Å². The average molecular weight is 321 g/mol. The summed E-state index contributed by atoms with van der Waals surface area (Å²) >= 11 is 0. The third-order valence-electron chi connectivity index (χ3n) is 3.23. The molecule has 0 spiro atoms. The van der Waals surface area contributed by atoms with Crippen LogP contribution in [-0.2, 0) is 14.9 Å². The van der Waals surface area contributed by atoms with Crippen LogP contribution in [-0.4, -0.2) is 63.4 Å². The van der Waals surface area contributed by atoms with Crippen molar-refractivity contribution in [2.45, 2.75) is 31.2 Å². The fraction of sp³-hybridized carbons (Fsp3) is 1.00. The molecule has 0 N–H and O–H groups in total. The Morgan fingerprint density at radius 2 is 1.65 bits per heavy atom. The summed E-state index contributed by atoms with van der Waals surface area (Å²) in [6, 6.07) is 0. The summed E-state index contributed by atoms with van der Waals surface area (Å²) in [7, 11) is -1.92. The van der Waals surface area contributed by atoms with E-state index in [1.54, 1.807) is 7.11 Å². The van der Waals surface area contributed by atoms with Crippen LogP contribution in [0.25, 0.3) is 0 Å². The molecule has 0 unspecified atom stereocenters. The lowest BCUT2D eigenvalue weighted by Gasteiger charge is -2.28. The standard InChI is InChI=1S/C10H22NO.CHF3O3S/c1-11(7-3-4-8-11)9-5-6-10-12-2;2-1(3,4)8(5,6)7/h3-10H2,1-2H3;(H,5,6,7)/q+1;/p-1. The molecule has 1 aliphatic rings. The molecular formula is C11H22F3NO4S. The Balaban J connectivity index is 0.000000396. The fourth-order valence-corrected chi connectivity index (χ4v) is 2.06. The second-order valence-corrected chi connectivity index (χ2v) is 6.47. The van der Waals surface area contributed by atoms with Crippen molar-refractivity contribution in [3.8, 4) is 0 Å². The zero-order valence-electron chi connectivity index (χ0n) is 11.8. The number of halogens is 3. The first-order chi connectivity index (χ1) is 9.02. The predicted molar refractivity (Wildman–Crippen MR) is 66.9 cm³/mol. The van der Waals surface area contributed by atoms with Gasteiger partial charge in [0.05, 0.1) is 26.7 Å². The Labute approximate surface area is 118 Å². The summed E-state index contributed by atoms with van der Waals surface area (Å²) in [5.41, 5.74) is -5.65. The van der Waals surface area contributed by atoms with Gasteiger partial charge in [0.2, 0.25) is 0 Å². The smallest absolute Gasteiger partial charge is 0.485 e. The molecule has 5 nitrogen and oxygen atoms in total. The molecule has 0 amide bonds. The lowest BCUT2D eigenvalue weighted by atomic mass is 10.3. The van der Waals surface area contributed by atoms with Crippen molar-refractivity contribution in [3.63, 3.8) is 0 Å². The van der Waals surface area contributed by atoms with E-state index in [0.29, 0.717) is 0 Å². The van der Waals surface area contributed by atoms with Gasteiger partial charge >= 0.3 is 5.51 Å². The fourth-order valence-electron chi connectivity index (χ4n) is 2.06. The molecule has 1 heterocycles. The van der Waals surface area contributed by atoms with E-state index < -0.39 is 15.6 Å². The van der Waals surface area contributed by atoms with Crippen LogP contribution < -0.4 is 0 Å². The highest BCUT2D eigenvalue weighted by Crippen LogP contribution is 2.20. The molecule has 0 radical (unpaired) electrons. The maximum Gasteiger partial charge on any atom is 0.485 e. The second-order valence-electron chi connectivity index (χ2n) is 5.10. The number of alkyl halides is 3. The summed E-state index contributed by atoms with van der Waals surface area (Å²) in [5, 5.41) is 0. The Hall–Kier alpha value is -0.380. The lowest BCUT2D eigenvalue weighted by molar-refractivity contribution is -0.897. The van der Waals surface area contributed by atoms with Crippen LogP contribution in [0.5, 0.6) is 0 Å². The van der Waals surface area contributed by atoms with Gasteiger partial charge in [-0.1, -0.05) is 0 Å². The number of ether oxygens (including phenoxy) is 1. The first kappa shape index (κ1) is 19.6. The van der Waals surface area contributed by atoms with E-state index in [0.717, 1.165) is 6.61 Å².